The molecule has 0 amide bonds. The van der Waals surface area contributed by atoms with Crippen molar-refractivity contribution in [3.05, 3.63) is 106 Å². The Morgan fingerprint density at radius 3 is 2.33 bits per heavy atom. The van der Waals surface area contributed by atoms with Crippen LogP contribution in [0.5, 0.6) is 11.5 Å². The maximum Gasteiger partial charge on any atom is 0.343 e. The third-order valence-electron chi connectivity index (χ3n) is 4.16. The second-order valence-corrected chi connectivity index (χ2v) is 6.20. The number of hydrogen-bond acceptors (Lipinski definition) is 6. The molecule has 30 heavy (non-hydrogen) atoms. The molecule has 0 aliphatic heterocycles. The summed E-state index contributed by atoms with van der Waals surface area (Å²) in [4.78, 5) is 34.8. The molecule has 0 N–H and O–H groups in total. The zero-order valence-electron chi connectivity index (χ0n) is 16.0. The van der Waals surface area contributed by atoms with Gasteiger partial charge in [-0.2, -0.15) is 0 Å². The molecule has 0 aromatic heterocycles. The number of allylic oxidation sites excluding steroid dienone is 1. The van der Waals surface area contributed by atoms with Gasteiger partial charge in [0.05, 0.1) is 17.6 Å². The van der Waals surface area contributed by atoms with Gasteiger partial charge >= 0.3 is 5.97 Å². The molecule has 0 fully saturated rings. The van der Waals surface area contributed by atoms with Gasteiger partial charge < -0.3 is 9.47 Å². The number of ether oxygens (including phenoxy) is 2. The Hall–Kier alpha value is -4.26. The smallest absolute Gasteiger partial charge is 0.343 e. The van der Waals surface area contributed by atoms with E-state index in [-0.39, 0.29) is 22.8 Å². The lowest BCUT2D eigenvalue weighted by Crippen LogP contribution is -2.08. The first-order valence-electron chi connectivity index (χ1n) is 8.89. The van der Waals surface area contributed by atoms with Crippen molar-refractivity contribution in [2.24, 2.45) is 0 Å². The third kappa shape index (κ3) is 5.17. The molecule has 0 aliphatic carbocycles. The molecule has 0 unspecified atom stereocenters. The average Bonchev–Trinajstić information content (AvgIpc) is 2.78. The number of nitrogens with zero attached hydrogens (tertiary/aromatic N) is 1. The van der Waals surface area contributed by atoms with Crippen LogP contribution in [0.2, 0.25) is 0 Å². The van der Waals surface area contributed by atoms with Gasteiger partial charge in [-0.25, -0.2) is 4.79 Å². The number of hydrogen-bond donors (Lipinski definition) is 0. The second kappa shape index (κ2) is 9.29. The molecule has 7 nitrogen and oxygen atoms in total. The lowest BCUT2D eigenvalue weighted by molar-refractivity contribution is -0.384. The fourth-order valence-electron chi connectivity index (χ4n) is 2.62. The first-order valence-corrected chi connectivity index (χ1v) is 8.89. The van der Waals surface area contributed by atoms with Gasteiger partial charge in [-0.05, 0) is 54.1 Å². The van der Waals surface area contributed by atoms with E-state index in [9.17, 15) is 19.7 Å². The molecule has 0 saturated carbocycles. The minimum absolute atomic E-state index is 0.0693. The predicted octanol–water partition coefficient (Wildman–Crippen LogP) is 4.72. The third-order valence-corrected chi connectivity index (χ3v) is 4.16. The van der Waals surface area contributed by atoms with E-state index in [2.05, 4.69) is 0 Å². The molecule has 3 aromatic carbocycles. The molecule has 3 aromatic rings. The molecule has 0 heterocycles. The standard InChI is InChI=1S/C23H17NO6/c1-29-20-11-9-17(10-12-20)22(25)13-8-16-4-2-7-21(14-16)30-23(26)18-5-3-6-19(15-18)24(27)28/h2-15H,1H3/b13-8+. The molecular weight excluding hydrogens is 386 g/mol. The topological polar surface area (TPSA) is 95.7 Å². The van der Waals surface area contributed by atoms with E-state index in [0.717, 1.165) is 6.07 Å². The van der Waals surface area contributed by atoms with Crippen LogP contribution < -0.4 is 9.47 Å². The van der Waals surface area contributed by atoms with Crippen LogP contribution in [0.1, 0.15) is 26.3 Å². The highest BCUT2D eigenvalue weighted by atomic mass is 16.6. The number of non-ortho nitro benzene ring substituents is 1. The molecule has 150 valence electrons. The van der Waals surface area contributed by atoms with Crippen LogP contribution in [0.25, 0.3) is 6.08 Å². The van der Waals surface area contributed by atoms with Crippen molar-refractivity contribution >= 4 is 23.5 Å². The summed E-state index contributed by atoms with van der Waals surface area (Å²) in [5.41, 5.74) is 1.04. The van der Waals surface area contributed by atoms with Crippen molar-refractivity contribution in [2.75, 3.05) is 7.11 Å². The number of nitro groups is 1. The highest BCUT2D eigenvalue weighted by molar-refractivity contribution is 6.06. The van der Waals surface area contributed by atoms with E-state index in [0.29, 0.717) is 16.9 Å². The molecule has 3 rings (SSSR count). The summed E-state index contributed by atoms with van der Waals surface area (Å²) in [6.07, 6.45) is 3.03. The van der Waals surface area contributed by atoms with Crippen LogP contribution in [-0.2, 0) is 0 Å². The van der Waals surface area contributed by atoms with Gasteiger partial charge in [0.2, 0.25) is 0 Å². The van der Waals surface area contributed by atoms with E-state index >= 15 is 0 Å². The number of nitro benzene ring substituents is 1. The number of rotatable bonds is 7. The molecule has 0 atom stereocenters. The molecule has 7 heteroatoms. The van der Waals surface area contributed by atoms with Crippen LogP contribution in [0, 0.1) is 10.1 Å². The molecular formula is C23H17NO6. The van der Waals surface area contributed by atoms with Crippen molar-refractivity contribution < 1.29 is 24.0 Å². The lowest BCUT2D eigenvalue weighted by atomic mass is 10.1. The van der Waals surface area contributed by atoms with Gasteiger partial charge in [0.15, 0.2) is 5.78 Å². The zero-order valence-corrected chi connectivity index (χ0v) is 16.0. The number of carbonyl (C=O) groups is 2. The van der Waals surface area contributed by atoms with Crippen LogP contribution in [0.3, 0.4) is 0 Å². The molecule has 0 radical (unpaired) electrons. The van der Waals surface area contributed by atoms with Crippen molar-refractivity contribution in [1.29, 1.82) is 0 Å². The number of esters is 1. The number of methoxy groups -OCH3 is 1. The Morgan fingerprint density at radius 1 is 0.900 bits per heavy atom. The number of carbonyl (C=O) groups excluding carboxylic acids is 2. The van der Waals surface area contributed by atoms with E-state index in [1.54, 1.807) is 61.7 Å². The fraction of sp³-hybridized carbons (Fsp3) is 0.0435. The van der Waals surface area contributed by atoms with Crippen molar-refractivity contribution in [1.82, 2.24) is 0 Å². The summed E-state index contributed by atoms with van der Waals surface area (Å²) in [7, 11) is 1.55. The summed E-state index contributed by atoms with van der Waals surface area (Å²) < 4.78 is 10.4. The number of ketones is 1. The summed E-state index contributed by atoms with van der Waals surface area (Å²) in [6, 6.07) is 18.6. The quantitative estimate of drug-likeness (QED) is 0.141. The summed E-state index contributed by atoms with van der Waals surface area (Å²) in [6.45, 7) is 0. The highest BCUT2D eigenvalue weighted by Gasteiger charge is 2.13. The van der Waals surface area contributed by atoms with Crippen LogP contribution in [0.15, 0.2) is 78.9 Å². The van der Waals surface area contributed by atoms with E-state index < -0.39 is 10.9 Å². The van der Waals surface area contributed by atoms with Gasteiger partial charge in [-0.15, -0.1) is 0 Å². The van der Waals surface area contributed by atoms with Gasteiger partial charge in [-0.1, -0.05) is 24.3 Å². The second-order valence-electron chi connectivity index (χ2n) is 6.20. The SMILES string of the molecule is COc1ccc(C(=O)/C=C/c2cccc(OC(=O)c3cccc([N+](=O)[O-])c3)c2)cc1. The van der Waals surface area contributed by atoms with Crippen LogP contribution >= 0.6 is 0 Å². The van der Waals surface area contributed by atoms with Crippen molar-refractivity contribution in [3.63, 3.8) is 0 Å². The summed E-state index contributed by atoms with van der Waals surface area (Å²) in [5, 5.41) is 10.9. The van der Waals surface area contributed by atoms with Crippen molar-refractivity contribution in [2.45, 2.75) is 0 Å². The normalized spacial score (nSPS) is 10.6. The predicted molar refractivity (Wildman–Crippen MR) is 111 cm³/mol. The average molecular weight is 403 g/mol. The molecule has 0 saturated heterocycles. The van der Waals surface area contributed by atoms with Gasteiger partial charge in [0.25, 0.3) is 5.69 Å². The zero-order chi connectivity index (χ0) is 21.5. The Morgan fingerprint density at radius 2 is 1.63 bits per heavy atom. The molecule has 0 aliphatic rings. The van der Waals surface area contributed by atoms with Crippen LogP contribution in [0.4, 0.5) is 5.69 Å². The maximum absolute atomic E-state index is 12.3. The summed E-state index contributed by atoms with van der Waals surface area (Å²) in [5.74, 6) is 0.0186. The van der Waals surface area contributed by atoms with E-state index in [1.165, 1.54) is 24.3 Å². The van der Waals surface area contributed by atoms with Gasteiger partial charge in [0, 0.05) is 17.7 Å². The first-order chi connectivity index (χ1) is 14.5. The largest absolute Gasteiger partial charge is 0.497 e. The molecule has 0 spiro atoms. The maximum atomic E-state index is 12.3. The number of benzene rings is 3. The Labute approximate surface area is 172 Å². The lowest BCUT2D eigenvalue weighted by Gasteiger charge is -2.05. The van der Waals surface area contributed by atoms with Crippen LogP contribution in [-0.4, -0.2) is 23.8 Å². The minimum Gasteiger partial charge on any atom is -0.497 e. The Bertz CT molecular complexity index is 1120. The van der Waals surface area contributed by atoms with E-state index in [1.807, 2.05) is 0 Å². The Balaban J connectivity index is 1.70. The highest BCUT2D eigenvalue weighted by Crippen LogP contribution is 2.19. The minimum atomic E-state index is -0.714. The van der Waals surface area contributed by atoms with E-state index in [4.69, 9.17) is 9.47 Å². The fourth-order valence-corrected chi connectivity index (χ4v) is 2.62. The molecule has 0 bridgehead atoms. The van der Waals surface area contributed by atoms with Gasteiger partial charge in [-0.3, -0.25) is 14.9 Å². The first kappa shape index (κ1) is 20.5. The summed E-state index contributed by atoms with van der Waals surface area (Å²) >= 11 is 0. The Kier molecular flexibility index (Phi) is 6.34. The monoisotopic (exact) mass is 403 g/mol. The van der Waals surface area contributed by atoms with Gasteiger partial charge in [0.1, 0.15) is 11.5 Å². The van der Waals surface area contributed by atoms with Crippen molar-refractivity contribution in [3.8, 4) is 11.5 Å².